The quantitative estimate of drug-likeness (QED) is 0.720. The number of halogens is 2. The fourth-order valence-corrected chi connectivity index (χ4v) is 4.34. The second-order valence-corrected chi connectivity index (χ2v) is 7.67. The second-order valence-electron chi connectivity index (χ2n) is 4.99. The standard InChI is InChI=1S/C16H13F2NO3S2/c17-12-4-1-5-13(18)16(12)24(20,21)19-10-11(14-6-2-8-22-14)15-7-3-9-23-15/h1-9,11,19H,10H2. The Labute approximate surface area is 141 Å². The average Bonchev–Trinajstić information content (AvgIpc) is 3.20. The first-order chi connectivity index (χ1) is 11.5. The SMILES string of the molecule is O=S(=O)(NCC(c1ccco1)c1cccs1)c1c(F)cccc1F. The lowest BCUT2D eigenvalue weighted by Crippen LogP contribution is -2.30. The Bertz CT molecular complexity index is 852. The minimum Gasteiger partial charge on any atom is -0.469 e. The molecule has 0 saturated heterocycles. The number of nitrogens with one attached hydrogen (secondary N) is 1. The minimum atomic E-state index is -4.34. The monoisotopic (exact) mass is 369 g/mol. The first kappa shape index (κ1) is 16.8. The summed E-state index contributed by atoms with van der Waals surface area (Å²) in [6.45, 7) is -0.0792. The predicted octanol–water partition coefficient (Wildman–Crippen LogP) is 3.73. The summed E-state index contributed by atoms with van der Waals surface area (Å²) in [5, 5.41) is 1.86. The first-order valence-corrected chi connectivity index (χ1v) is 9.36. The Morgan fingerprint density at radius 2 is 1.83 bits per heavy atom. The van der Waals surface area contributed by atoms with Crippen molar-refractivity contribution < 1.29 is 21.6 Å². The molecule has 0 spiro atoms. The Kier molecular flexibility index (Phi) is 4.79. The molecule has 0 amide bonds. The molecule has 1 unspecified atom stereocenters. The molecule has 0 radical (unpaired) electrons. The van der Waals surface area contributed by atoms with Gasteiger partial charge in [-0.2, -0.15) is 0 Å². The molecule has 0 aliphatic heterocycles. The summed E-state index contributed by atoms with van der Waals surface area (Å²) in [7, 11) is -4.34. The molecule has 8 heteroatoms. The topological polar surface area (TPSA) is 59.3 Å². The van der Waals surface area contributed by atoms with E-state index >= 15 is 0 Å². The number of sulfonamides is 1. The molecule has 1 atom stereocenters. The summed E-state index contributed by atoms with van der Waals surface area (Å²) in [6, 6.07) is 10.0. The summed E-state index contributed by atoms with van der Waals surface area (Å²) in [4.78, 5) is -0.101. The van der Waals surface area contributed by atoms with Crippen LogP contribution in [0.4, 0.5) is 8.78 Å². The molecule has 0 bridgehead atoms. The molecule has 3 rings (SSSR count). The van der Waals surface area contributed by atoms with Gasteiger partial charge in [0.1, 0.15) is 17.4 Å². The predicted molar refractivity (Wildman–Crippen MR) is 86.4 cm³/mol. The van der Waals surface area contributed by atoms with Gasteiger partial charge in [0.15, 0.2) is 4.90 Å². The number of benzene rings is 1. The van der Waals surface area contributed by atoms with E-state index in [1.54, 1.807) is 12.1 Å². The molecule has 0 aliphatic carbocycles. The normalized spacial score (nSPS) is 13.1. The molecule has 0 aliphatic rings. The average molecular weight is 369 g/mol. The molecule has 2 heterocycles. The summed E-state index contributed by atoms with van der Waals surface area (Å²) < 4.78 is 59.7. The van der Waals surface area contributed by atoms with Crippen LogP contribution in [0, 0.1) is 11.6 Å². The van der Waals surface area contributed by atoms with Crippen molar-refractivity contribution in [3.63, 3.8) is 0 Å². The van der Waals surface area contributed by atoms with Gasteiger partial charge in [0.05, 0.1) is 12.2 Å². The van der Waals surface area contributed by atoms with Crippen LogP contribution in [0.2, 0.25) is 0 Å². The fraction of sp³-hybridized carbons (Fsp3) is 0.125. The van der Waals surface area contributed by atoms with Crippen LogP contribution < -0.4 is 4.72 Å². The maximum atomic E-state index is 13.7. The van der Waals surface area contributed by atoms with Crippen molar-refractivity contribution in [1.29, 1.82) is 0 Å². The zero-order valence-electron chi connectivity index (χ0n) is 12.3. The van der Waals surface area contributed by atoms with E-state index in [9.17, 15) is 17.2 Å². The van der Waals surface area contributed by atoms with E-state index in [0.717, 1.165) is 23.1 Å². The van der Waals surface area contributed by atoms with Crippen LogP contribution in [0.3, 0.4) is 0 Å². The Morgan fingerprint density at radius 1 is 1.08 bits per heavy atom. The summed E-state index contributed by atoms with van der Waals surface area (Å²) in [5.41, 5.74) is 0. The van der Waals surface area contributed by atoms with E-state index in [-0.39, 0.29) is 12.5 Å². The molecule has 126 valence electrons. The maximum Gasteiger partial charge on any atom is 0.246 e. The Morgan fingerprint density at radius 3 is 2.42 bits per heavy atom. The van der Waals surface area contributed by atoms with E-state index in [1.807, 2.05) is 17.5 Å². The molecule has 4 nitrogen and oxygen atoms in total. The highest BCUT2D eigenvalue weighted by molar-refractivity contribution is 7.89. The molecule has 2 aromatic heterocycles. The van der Waals surface area contributed by atoms with Gasteiger partial charge in [-0.05, 0) is 35.7 Å². The van der Waals surface area contributed by atoms with Crippen molar-refractivity contribution in [1.82, 2.24) is 4.72 Å². The van der Waals surface area contributed by atoms with E-state index in [2.05, 4.69) is 4.72 Å². The van der Waals surface area contributed by atoms with Crippen LogP contribution in [-0.2, 0) is 10.0 Å². The molecular formula is C16H13F2NO3S2. The summed E-state index contributed by atoms with van der Waals surface area (Å²) >= 11 is 1.44. The third-order valence-electron chi connectivity index (χ3n) is 3.44. The van der Waals surface area contributed by atoms with Crippen molar-refractivity contribution in [3.05, 3.63) is 76.4 Å². The van der Waals surface area contributed by atoms with Crippen LogP contribution >= 0.6 is 11.3 Å². The van der Waals surface area contributed by atoms with Crippen LogP contribution in [0.15, 0.2) is 63.4 Å². The number of thiophene rings is 1. The lowest BCUT2D eigenvalue weighted by atomic mass is 10.1. The number of rotatable bonds is 6. The first-order valence-electron chi connectivity index (χ1n) is 6.99. The molecule has 3 aromatic rings. The van der Waals surface area contributed by atoms with E-state index in [0.29, 0.717) is 5.76 Å². The van der Waals surface area contributed by atoms with Crippen LogP contribution in [-0.4, -0.2) is 15.0 Å². The lowest BCUT2D eigenvalue weighted by molar-refractivity contribution is 0.480. The molecule has 1 aromatic carbocycles. The lowest BCUT2D eigenvalue weighted by Gasteiger charge is -2.15. The maximum absolute atomic E-state index is 13.7. The van der Waals surface area contributed by atoms with Crippen LogP contribution in [0.5, 0.6) is 0 Å². The van der Waals surface area contributed by atoms with Gasteiger partial charge in [-0.15, -0.1) is 11.3 Å². The highest BCUT2D eigenvalue weighted by Crippen LogP contribution is 2.29. The molecule has 1 N–H and O–H groups in total. The number of hydrogen-bond acceptors (Lipinski definition) is 4. The molecule has 24 heavy (non-hydrogen) atoms. The molecule has 0 fully saturated rings. The van der Waals surface area contributed by atoms with Gasteiger partial charge in [0.2, 0.25) is 10.0 Å². The highest BCUT2D eigenvalue weighted by atomic mass is 32.2. The molecule has 0 saturated carbocycles. The smallest absolute Gasteiger partial charge is 0.246 e. The van der Waals surface area contributed by atoms with Crippen molar-refractivity contribution in [2.45, 2.75) is 10.8 Å². The third kappa shape index (κ3) is 3.40. The Hall–Kier alpha value is -2.03. The van der Waals surface area contributed by atoms with Gasteiger partial charge in [-0.25, -0.2) is 21.9 Å². The van der Waals surface area contributed by atoms with Crippen molar-refractivity contribution in [3.8, 4) is 0 Å². The van der Waals surface area contributed by atoms with Crippen LogP contribution in [0.25, 0.3) is 0 Å². The van der Waals surface area contributed by atoms with Gasteiger partial charge >= 0.3 is 0 Å². The Balaban J connectivity index is 1.87. The second kappa shape index (κ2) is 6.84. The fourth-order valence-electron chi connectivity index (χ4n) is 2.32. The van der Waals surface area contributed by atoms with Crippen LogP contribution in [0.1, 0.15) is 16.6 Å². The van der Waals surface area contributed by atoms with Crippen molar-refractivity contribution >= 4 is 21.4 Å². The van der Waals surface area contributed by atoms with E-state index in [1.165, 1.54) is 17.6 Å². The third-order valence-corrected chi connectivity index (χ3v) is 5.90. The van der Waals surface area contributed by atoms with Gasteiger partial charge in [-0.3, -0.25) is 0 Å². The number of furan rings is 1. The zero-order valence-corrected chi connectivity index (χ0v) is 13.9. The van der Waals surface area contributed by atoms with Crippen molar-refractivity contribution in [2.24, 2.45) is 0 Å². The molecular weight excluding hydrogens is 356 g/mol. The summed E-state index contributed by atoms with van der Waals surface area (Å²) in [6.07, 6.45) is 1.49. The highest BCUT2D eigenvalue weighted by Gasteiger charge is 2.26. The van der Waals surface area contributed by atoms with Gasteiger partial charge < -0.3 is 4.42 Å². The van der Waals surface area contributed by atoms with E-state index < -0.39 is 26.6 Å². The largest absolute Gasteiger partial charge is 0.469 e. The zero-order chi connectivity index (χ0) is 17.2. The van der Waals surface area contributed by atoms with E-state index in [4.69, 9.17) is 4.42 Å². The summed E-state index contributed by atoms with van der Waals surface area (Å²) in [5.74, 6) is -2.08. The minimum absolute atomic E-state index is 0.0792. The van der Waals surface area contributed by atoms with Gasteiger partial charge in [0, 0.05) is 11.4 Å². The number of hydrogen-bond donors (Lipinski definition) is 1. The van der Waals surface area contributed by atoms with Crippen molar-refractivity contribution in [2.75, 3.05) is 6.54 Å². The van der Waals surface area contributed by atoms with Gasteiger partial charge in [-0.1, -0.05) is 12.1 Å². The van der Waals surface area contributed by atoms with Gasteiger partial charge in [0.25, 0.3) is 0 Å².